The van der Waals surface area contributed by atoms with E-state index in [0.29, 0.717) is 5.41 Å². The third kappa shape index (κ3) is 2.98. The third-order valence-electron chi connectivity index (χ3n) is 3.72. The minimum absolute atomic E-state index is 0.349. The quantitative estimate of drug-likeness (QED) is 0.678. The number of benzene rings is 1. The van der Waals surface area contributed by atoms with Crippen molar-refractivity contribution in [2.45, 2.75) is 18.0 Å². The highest BCUT2D eigenvalue weighted by Crippen LogP contribution is 2.37. The molecular formula is C14H17BrN2OS. The predicted octanol–water partition coefficient (Wildman–Crippen LogP) is 3.85. The Kier molecular flexibility index (Phi) is 4.15. The Labute approximate surface area is 125 Å². The van der Waals surface area contributed by atoms with Crippen LogP contribution in [0.15, 0.2) is 29.4 Å². The Morgan fingerprint density at radius 2 is 2.11 bits per heavy atom. The summed E-state index contributed by atoms with van der Waals surface area (Å²) in [5.41, 5.74) is 2.51. The van der Waals surface area contributed by atoms with Crippen molar-refractivity contribution in [2.24, 2.45) is 5.41 Å². The van der Waals surface area contributed by atoms with Gasteiger partial charge in [0, 0.05) is 24.3 Å². The molecule has 1 aromatic heterocycles. The molecular weight excluding hydrogens is 324 g/mol. The molecule has 19 heavy (non-hydrogen) atoms. The number of hydrogen-bond acceptors (Lipinski definition) is 3. The van der Waals surface area contributed by atoms with Gasteiger partial charge in [-0.2, -0.15) is 0 Å². The summed E-state index contributed by atoms with van der Waals surface area (Å²) in [5, 5.41) is 2.06. The minimum atomic E-state index is 0.349. The molecule has 0 amide bonds. The van der Waals surface area contributed by atoms with Gasteiger partial charge in [0.2, 0.25) is 0 Å². The van der Waals surface area contributed by atoms with E-state index in [2.05, 4.69) is 32.0 Å². The highest BCUT2D eigenvalue weighted by atomic mass is 79.9. The van der Waals surface area contributed by atoms with Gasteiger partial charge < -0.3 is 9.72 Å². The molecule has 2 heterocycles. The van der Waals surface area contributed by atoms with Crippen molar-refractivity contribution in [1.82, 2.24) is 9.97 Å². The topological polar surface area (TPSA) is 37.9 Å². The van der Waals surface area contributed by atoms with E-state index < -0.39 is 0 Å². The monoisotopic (exact) mass is 340 g/mol. The minimum Gasteiger partial charge on any atom is -0.381 e. The average molecular weight is 341 g/mol. The summed E-state index contributed by atoms with van der Waals surface area (Å²) < 4.78 is 5.47. The molecule has 3 rings (SSSR count). The van der Waals surface area contributed by atoms with E-state index in [9.17, 15) is 0 Å². The zero-order chi connectivity index (χ0) is 13.1. The number of alkyl halides is 1. The molecule has 1 aliphatic rings. The van der Waals surface area contributed by atoms with E-state index in [0.717, 1.165) is 53.3 Å². The highest BCUT2D eigenvalue weighted by molar-refractivity contribution is 9.09. The summed E-state index contributed by atoms with van der Waals surface area (Å²) in [6.45, 7) is 1.76. The molecule has 0 radical (unpaired) electrons. The largest absolute Gasteiger partial charge is 0.381 e. The average Bonchev–Trinajstić information content (AvgIpc) is 2.89. The molecule has 0 spiro atoms. The molecule has 0 saturated carbocycles. The van der Waals surface area contributed by atoms with Crippen LogP contribution in [0.25, 0.3) is 11.0 Å². The Morgan fingerprint density at radius 3 is 2.84 bits per heavy atom. The molecule has 0 aliphatic carbocycles. The smallest absolute Gasteiger partial charge is 0.166 e. The van der Waals surface area contributed by atoms with Crippen LogP contribution in [-0.2, 0) is 4.74 Å². The maximum absolute atomic E-state index is 5.47. The van der Waals surface area contributed by atoms with E-state index in [1.807, 2.05) is 30.0 Å². The van der Waals surface area contributed by atoms with Crippen molar-refractivity contribution in [3.8, 4) is 0 Å². The summed E-state index contributed by atoms with van der Waals surface area (Å²) in [4.78, 5) is 8.01. The number of halogens is 1. The third-order valence-corrected chi connectivity index (χ3v) is 6.13. The number of nitrogens with one attached hydrogen (secondary N) is 1. The second-order valence-electron chi connectivity index (χ2n) is 5.09. The SMILES string of the molecule is BrCC1(CSc2nc3ccccc3[nH]2)CCOCC1. The number of aromatic nitrogens is 2. The van der Waals surface area contributed by atoms with E-state index >= 15 is 0 Å². The maximum Gasteiger partial charge on any atom is 0.166 e. The predicted molar refractivity (Wildman–Crippen MR) is 83.1 cm³/mol. The highest BCUT2D eigenvalue weighted by Gasteiger charge is 2.31. The van der Waals surface area contributed by atoms with Crippen LogP contribution in [0.1, 0.15) is 12.8 Å². The maximum atomic E-state index is 5.47. The lowest BCUT2D eigenvalue weighted by Gasteiger charge is -2.35. The van der Waals surface area contributed by atoms with Crippen LogP contribution in [0.4, 0.5) is 0 Å². The van der Waals surface area contributed by atoms with Gasteiger partial charge in [0.15, 0.2) is 5.16 Å². The van der Waals surface area contributed by atoms with Crippen LogP contribution in [0.3, 0.4) is 0 Å². The molecule has 1 aromatic carbocycles. The van der Waals surface area contributed by atoms with Crippen molar-refractivity contribution < 1.29 is 4.74 Å². The number of ether oxygens (including phenoxy) is 1. The standard InChI is InChI=1S/C14H17BrN2OS/c15-9-14(5-7-18-8-6-14)10-19-13-16-11-3-1-2-4-12(11)17-13/h1-4H,5-10H2,(H,16,17). The second kappa shape index (κ2) is 5.85. The lowest BCUT2D eigenvalue weighted by Crippen LogP contribution is -2.33. The van der Waals surface area contributed by atoms with Crippen molar-refractivity contribution in [1.29, 1.82) is 0 Å². The fourth-order valence-electron chi connectivity index (χ4n) is 2.34. The van der Waals surface area contributed by atoms with Gasteiger partial charge in [0.05, 0.1) is 11.0 Å². The molecule has 0 unspecified atom stereocenters. The van der Waals surface area contributed by atoms with Crippen molar-refractivity contribution in [3.63, 3.8) is 0 Å². The molecule has 1 aliphatic heterocycles. The summed E-state index contributed by atoms with van der Waals surface area (Å²) >= 11 is 5.50. The zero-order valence-corrected chi connectivity index (χ0v) is 13.1. The number of fused-ring (bicyclic) bond motifs is 1. The van der Waals surface area contributed by atoms with Crippen LogP contribution < -0.4 is 0 Å². The van der Waals surface area contributed by atoms with Gasteiger partial charge in [0.1, 0.15) is 0 Å². The van der Waals surface area contributed by atoms with Gasteiger partial charge in [-0.25, -0.2) is 4.98 Å². The second-order valence-corrected chi connectivity index (χ2v) is 6.62. The van der Waals surface area contributed by atoms with Crippen LogP contribution in [-0.4, -0.2) is 34.3 Å². The number of thioether (sulfide) groups is 1. The molecule has 0 atom stereocenters. The molecule has 1 saturated heterocycles. The van der Waals surface area contributed by atoms with Gasteiger partial charge in [-0.3, -0.25) is 0 Å². The van der Waals surface area contributed by atoms with Gasteiger partial charge in [-0.15, -0.1) is 0 Å². The molecule has 1 fully saturated rings. The van der Waals surface area contributed by atoms with Crippen molar-refractivity contribution in [3.05, 3.63) is 24.3 Å². The van der Waals surface area contributed by atoms with Gasteiger partial charge in [-0.1, -0.05) is 39.8 Å². The summed E-state index contributed by atoms with van der Waals surface area (Å²) in [7, 11) is 0. The number of hydrogen-bond donors (Lipinski definition) is 1. The first-order valence-corrected chi connectivity index (χ1v) is 8.63. The van der Waals surface area contributed by atoms with E-state index in [1.165, 1.54) is 0 Å². The number of aromatic amines is 1. The summed E-state index contributed by atoms with van der Waals surface area (Å²) in [6.07, 6.45) is 2.26. The van der Waals surface area contributed by atoms with Gasteiger partial charge in [-0.05, 0) is 30.4 Å². The first-order valence-electron chi connectivity index (χ1n) is 6.53. The van der Waals surface area contributed by atoms with Gasteiger partial charge >= 0.3 is 0 Å². The van der Waals surface area contributed by atoms with Crippen LogP contribution in [0.5, 0.6) is 0 Å². The Morgan fingerprint density at radius 1 is 1.32 bits per heavy atom. The van der Waals surface area contributed by atoms with Crippen LogP contribution in [0, 0.1) is 5.41 Å². The Balaban J connectivity index is 1.70. The molecule has 1 N–H and O–H groups in total. The van der Waals surface area contributed by atoms with E-state index in [-0.39, 0.29) is 0 Å². The lowest BCUT2D eigenvalue weighted by molar-refractivity contribution is 0.0374. The van der Waals surface area contributed by atoms with Crippen LogP contribution in [0.2, 0.25) is 0 Å². The molecule has 0 bridgehead atoms. The Bertz CT molecular complexity index is 518. The summed E-state index contributed by atoms with van der Waals surface area (Å²) in [5.74, 6) is 1.08. The number of H-pyrrole nitrogens is 1. The first kappa shape index (κ1) is 13.5. The van der Waals surface area contributed by atoms with Gasteiger partial charge in [0.25, 0.3) is 0 Å². The van der Waals surface area contributed by atoms with Crippen molar-refractivity contribution >= 4 is 38.7 Å². The molecule has 5 heteroatoms. The lowest BCUT2D eigenvalue weighted by atomic mass is 9.85. The van der Waals surface area contributed by atoms with Crippen LogP contribution >= 0.6 is 27.7 Å². The van der Waals surface area contributed by atoms with E-state index in [1.54, 1.807) is 0 Å². The molecule has 102 valence electrons. The number of para-hydroxylation sites is 2. The fourth-order valence-corrected chi connectivity index (χ4v) is 4.54. The zero-order valence-electron chi connectivity index (χ0n) is 10.7. The molecule has 2 aromatic rings. The normalized spacial score (nSPS) is 18.8. The fraction of sp³-hybridized carbons (Fsp3) is 0.500. The Hall–Kier alpha value is -0.520. The first-order chi connectivity index (χ1) is 9.31. The van der Waals surface area contributed by atoms with E-state index in [4.69, 9.17) is 4.74 Å². The summed E-state index contributed by atoms with van der Waals surface area (Å²) in [6, 6.07) is 8.18. The number of nitrogens with zero attached hydrogens (tertiary/aromatic N) is 1. The van der Waals surface area contributed by atoms with Crippen molar-refractivity contribution in [2.75, 3.05) is 24.3 Å². The number of rotatable bonds is 4. The molecule has 3 nitrogen and oxygen atoms in total. The number of imidazole rings is 1.